The van der Waals surface area contributed by atoms with Crippen LogP contribution in [-0.2, 0) is 21.2 Å². The van der Waals surface area contributed by atoms with E-state index in [1.54, 1.807) is 13.1 Å². The molecule has 1 aliphatic rings. The van der Waals surface area contributed by atoms with Crippen LogP contribution in [0.2, 0.25) is 0 Å². The third-order valence-corrected chi connectivity index (χ3v) is 7.13. The van der Waals surface area contributed by atoms with Crippen LogP contribution in [0.4, 0.5) is 0 Å². The number of rotatable bonds is 7. The van der Waals surface area contributed by atoms with Crippen molar-refractivity contribution in [3.8, 4) is 0 Å². The molecule has 2 rings (SSSR count). The van der Waals surface area contributed by atoms with Gasteiger partial charge in [0.25, 0.3) is 10.0 Å². The molecule has 2 heterocycles. The van der Waals surface area contributed by atoms with E-state index in [4.69, 9.17) is 4.74 Å². The Balaban J connectivity index is 2.00. The number of thiophene rings is 1. The first-order valence-electron chi connectivity index (χ1n) is 7.31. The van der Waals surface area contributed by atoms with E-state index in [0.717, 1.165) is 37.3 Å². The molecule has 1 saturated heterocycles. The zero-order chi connectivity index (χ0) is 15.3. The fourth-order valence-electron chi connectivity index (χ4n) is 2.45. The summed E-state index contributed by atoms with van der Waals surface area (Å²) in [6.07, 6.45) is 2.92. The zero-order valence-corrected chi connectivity index (χ0v) is 14.3. The normalized spacial score (nSPS) is 20.0. The maximum atomic E-state index is 12.6. The molecule has 1 aromatic heterocycles. The van der Waals surface area contributed by atoms with E-state index in [9.17, 15) is 8.42 Å². The summed E-state index contributed by atoms with van der Waals surface area (Å²) in [5.74, 6) is 0.308. The Morgan fingerprint density at radius 2 is 2.29 bits per heavy atom. The van der Waals surface area contributed by atoms with Gasteiger partial charge in [0.2, 0.25) is 0 Å². The largest absolute Gasteiger partial charge is 0.381 e. The van der Waals surface area contributed by atoms with Crippen molar-refractivity contribution in [1.29, 1.82) is 0 Å². The topological polar surface area (TPSA) is 58.6 Å². The minimum atomic E-state index is -3.37. The lowest BCUT2D eigenvalue weighted by Gasteiger charge is -2.26. The van der Waals surface area contributed by atoms with Gasteiger partial charge < -0.3 is 10.1 Å². The van der Waals surface area contributed by atoms with Crippen LogP contribution < -0.4 is 5.32 Å². The van der Waals surface area contributed by atoms with E-state index in [-0.39, 0.29) is 0 Å². The maximum Gasteiger partial charge on any atom is 0.252 e. The molecular weight excluding hydrogens is 308 g/mol. The molecule has 1 fully saturated rings. The van der Waals surface area contributed by atoms with Crippen molar-refractivity contribution < 1.29 is 13.2 Å². The van der Waals surface area contributed by atoms with Crippen molar-refractivity contribution in [3.63, 3.8) is 0 Å². The van der Waals surface area contributed by atoms with Crippen LogP contribution in [0.5, 0.6) is 0 Å². The lowest BCUT2D eigenvalue weighted by atomic mass is 10.0. The van der Waals surface area contributed by atoms with E-state index in [1.807, 2.05) is 13.1 Å². The summed E-state index contributed by atoms with van der Waals surface area (Å²) >= 11 is 1.37. The van der Waals surface area contributed by atoms with Crippen molar-refractivity contribution in [2.75, 3.05) is 40.4 Å². The van der Waals surface area contributed by atoms with Gasteiger partial charge in [-0.05, 0) is 50.9 Å². The first-order valence-corrected chi connectivity index (χ1v) is 9.57. The van der Waals surface area contributed by atoms with Gasteiger partial charge in [0.05, 0.1) is 6.61 Å². The molecule has 1 aliphatic heterocycles. The average molecular weight is 332 g/mol. The highest BCUT2D eigenvalue weighted by Gasteiger charge is 2.26. The molecule has 5 nitrogen and oxygen atoms in total. The van der Waals surface area contributed by atoms with Crippen molar-refractivity contribution in [2.24, 2.45) is 5.92 Å². The number of likely N-dealkylation sites (N-methyl/N-ethyl adjacent to an activating group) is 1. The van der Waals surface area contributed by atoms with Gasteiger partial charge in [-0.15, -0.1) is 11.3 Å². The fourth-order valence-corrected chi connectivity index (χ4v) is 5.26. The van der Waals surface area contributed by atoms with Crippen LogP contribution in [0.25, 0.3) is 0 Å². The molecule has 0 aromatic carbocycles. The Morgan fingerprint density at radius 1 is 1.48 bits per heavy atom. The van der Waals surface area contributed by atoms with Crippen LogP contribution in [0, 0.1) is 5.92 Å². The molecule has 0 spiro atoms. The average Bonchev–Trinajstić information content (AvgIpc) is 2.95. The number of ether oxygens (including phenoxy) is 1. The molecule has 1 aromatic rings. The van der Waals surface area contributed by atoms with Crippen LogP contribution in [0.3, 0.4) is 0 Å². The van der Waals surface area contributed by atoms with E-state index in [0.29, 0.717) is 23.3 Å². The number of nitrogens with one attached hydrogen (secondary N) is 1. The molecule has 0 radical (unpaired) electrons. The van der Waals surface area contributed by atoms with Gasteiger partial charge >= 0.3 is 0 Å². The van der Waals surface area contributed by atoms with E-state index < -0.39 is 10.0 Å². The van der Waals surface area contributed by atoms with Gasteiger partial charge in [-0.1, -0.05) is 0 Å². The van der Waals surface area contributed by atoms with Crippen LogP contribution in [0.1, 0.15) is 17.7 Å². The standard InChI is InChI=1S/C14H24N2O3S2/c1-15-8-7-13-5-6-14(20-13)21(17,18)16(2)10-12-4-3-9-19-11-12/h5-6,12,15H,3-4,7-11H2,1-2H3. The Labute approximate surface area is 131 Å². The first kappa shape index (κ1) is 16.9. The second-order valence-corrected chi connectivity index (χ2v) is 8.88. The van der Waals surface area contributed by atoms with E-state index in [1.165, 1.54) is 15.6 Å². The van der Waals surface area contributed by atoms with Gasteiger partial charge in [0.1, 0.15) is 4.21 Å². The molecule has 0 bridgehead atoms. The van der Waals surface area contributed by atoms with Crippen molar-refractivity contribution >= 4 is 21.4 Å². The lowest BCUT2D eigenvalue weighted by molar-refractivity contribution is 0.0495. The highest BCUT2D eigenvalue weighted by molar-refractivity contribution is 7.91. The summed E-state index contributed by atoms with van der Waals surface area (Å²) in [6.45, 7) is 2.85. The third-order valence-electron chi connectivity index (χ3n) is 3.69. The monoisotopic (exact) mass is 332 g/mol. The molecule has 21 heavy (non-hydrogen) atoms. The van der Waals surface area contributed by atoms with Gasteiger partial charge in [0, 0.05) is 25.1 Å². The van der Waals surface area contributed by atoms with Gasteiger partial charge in [-0.2, -0.15) is 4.31 Å². The second-order valence-electron chi connectivity index (χ2n) is 5.44. The minimum absolute atomic E-state index is 0.308. The Bertz CT molecular complexity index is 536. The van der Waals surface area contributed by atoms with Crippen molar-refractivity contribution in [1.82, 2.24) is 9.62 Å². The van der Waals surface area contributed by atoms with Gasteiger partial charge in [-0.3, -0.25) is 0 Å². The molecule has 0 aliphatic carbocycles. The van der Waals surface area contributed by atoms with Crippen molar-refractivity contribution in [2.45, 2.75) is 23.5 Å². The molecular formula is C14H24N2O3S2. The van der Waals surface area contributed by atoms with Crippen LogP contribution >= 0.6 is 11.3 Å². The predicted octanol–water partition coefficient (Wildman–Crippen LogP) is 1.56. The summed E-state index contributed by atoms with van der Waals surface area (Å²) in [4.78, 5) is 1.09. The maximum absolute atomic E-state index is 12.6. The van der Waals surface area contributed by atoms with E-state index in [2.05, 4.69) is 5.32 Å². The molecule has 1 N–H and O–H groups in total. The first-order chi connectivity index (χ1) is 10.0. The Kier molecular flexibility index (Phi) is 6.19. The third kappa shape index (κ3) is 4.50. The predicted molar refractivity (Wildman–Crippen MR) is 85.3 cm³/mol. The summed E-state index contributed by atoms with van der Waals surface area (Å²) < 4.78 is 32.5. The van der Waals surface area contributed by atoms with Crippen LogP contribution in [0.15, 0.2) is 16.3 Å². The molecule has 0 saturated carbocycles. The fraction of sp³-hybridized carbons (Fsp3) is 0.714. The van der Waals surface area contributed by atoms with E-state index >= 15 is 0 Å². The SMILES string of the molecule is CNCCc1ccc(S(=O)(=O)N(C)CC2CCCOC2)s1. The summed E-state index contributed by atoms with van der Waals surface area (Å²) in [5, 5.41) is 3.07. The minimum Gasteiger partial charge on any atom is -0.381 e. The smallest absolute Gasteiger partial charge is 0.252 e. The lowest BCUT2D eigenvalue weighted by Crippen LogP contribution is -2.34. The molecule has 120 valence electrons. The number of hydrogen-bond donors (Lipinski definition) is 1. The summed E-state index contributed by atoms with van der Waals surface area (Å²) in [5.41, 5.74) is 0. The quantitative estimate of drug-likeness (QED) is 0.823. The molecule has 0 amide bonds. The summed E-state index contributed by atoms with van der Waals surface area (Å²) in [7, 11) is 0.191. The van der Waals surface area contributed by atoms with Crippen molar-refractivity contribution in [3.05, 3.63) is 17.0 Å². The Morgan fingerprint density at radius 3 is 2.95 bits per heavy atom. The molecule has 1 unspecified atom stereocenters. The molecule has 1 atom stereocenters. The zero-order valence-electron chi connectivity index (χ0n) is 12.7. The number of hydrogen-bond acceptors (Lipinski definition) is 5. The van der Waals surface area contributed by atoms with Crippen LogP contribution in [-0.4, -0.2) is 53.1 Å². The number of sulfonamides is 1. The Hall–Kier alpha value is -0.470. The number of nitrogens with zero attached hydrogens (tertiary/aromatic N) is 1. The second kappa shape index (κ2) is 7.69. The highest BCUT2D eigenvalue weighted by atomic mass is 32.2. The van der Waals surface area contributed by atoms with Gasteiger partial charge in [-0.25, -0.2) is 8.42 Å². The molecule has 7 heteroatoms. The van der Waals surface area contributed by atoms with Gasteiger partial charge in [0.15, 0.2) is 0 Å². The highest BCUT2D eigenvalue weighted by Crippen LogP contribution is 2.26. The summed E-state index contributed by atoms with van der Waals surface area (Å²) in [6, 6.07) is 3.63.